The van der Waals surface area contributed by atoms with Crippen molar-refractivity contribution in [3.63, 3.8) is 0 Å². The van der Waals surface area contributed by atoms with Gasteiger partial charge in [0, 0.05) is 46.2 Å². The van der Waals surface area contributed by atoms with Crippen LogP contribution >= 0.6 is 22.6 Å². The van der Waals surface area contributed by atoms with Gasteiger partial charge in [-0.25, -0.2) is 19.9 Å². The molecule has 0 radical (unpaired) electrons. The fourth-order valence-electron chi connectivity index (χ4n) is 2.93. The molecule has 0 spiro atoms. The molecule has 0 amide bonds. The molecule has 0 atom stereocenters. The number of hydrogen-bond acceptors (Lipinski definition) is 6. The lowest BCUT2D eigenvalue weighted by atomic mass is 10.2. The van der Waals surface area contributed by atoms with Crippen molar-refractivity contribution in [3.8, 4) is 17.4 Å². The fourth-order valence-corrected chi connectivity index (χ4v) is 3.35. The molecule has 9 heteroatoms. The van der Waals surface area contributed by atoms with Crippen LogP contribution in [0.2, 0.25) is 0 Å². The summed E-state index contributed by atoms with van der Waals surface area (Å²) in [6.07, 6.45) is 7.41. The maximum atomic E-state index is 5.13. The zero-order valence-corrected chi connectivity index (χ0v) is 23.9. The SMILES string of the molecule is COc1cc(-n2cc(C(C)C)nc2C)ccn1.COc1cc(I)ccn1.Cc1ncc(C(C)C)[nH]1. The van der Waals surface area contributed by atoms with E-state index in [4.69, 9.17) is 9.47 Å². The molecule has 1 N–H and O–H groups in total. The Balaban J connectivity index is 0.000000203. The van der Waals surface area contributed by atoms with Crippen LogP contribution in [0.25, 0.3) is 5.69 Å². The Hall–Kier alpha value is -2.95. The van der Waals surface area contributed by atoms with Crippen molar-refractivity contribution < 1.29 is 9.47 Å². The number of halogens is 1. The number of H-pyrrole nitrogens is 1. The molecule has 4 aromatic rings. The number of rotatable bonds is 5. The Morgan fingerprint density at radius 3 is 1.94 bits per heavy atom. The van der Waals surface area contributed by atoms with E-state index in [2.05, 4.69) is 86.0 Å². The van der Waals surface area contributed by atoms with E-state index in [9.17, 15) is 0 Å². The summed E-state index contributed by atoms with van der Waals surface area (Å²) in [6.45, 7) is 12.5. The Kier molecular flexibility index (Phi) is 11.2. The predicted octanol–water partition coefficient (Wildman–Crippen LogP) is 6.24. The van der Waals surface area contributed by atoms with E-state index < -0.39 is 0 Å². The molecule has 0 aliphatic rings. The zero-order valence-electron chi connectivity index (χ0n) is 21.7. The Labute approximate surface area is 221 Å². The quantitative estimate of drug-likeness (QED) is 0.277. The number of aromatic amines is 1. The largest absolute Gasteiger partial charge is 0.481 e. The van der Waals surface area contributed by atoms with Crippen LogP contribution in [0.3, 0.4) is 0 Å². The third kappa shape index (κ3) is 8.97. The first-order valence-corrected chi connectivity index (χ1v) is 12.5. The van der Waals surface area contributed by atoms with Crippen molar-refractivity contribution in [3.05, 3.63) is 75.7 Å². The highest BCUT2D eigenvalue weighted by atomic mass is 127. The number of aromatic nitrogens is 6. The predicted molar refractivity (Wildman–Crippen MR) is 148 cm³/mol. The van der Waals surface area contributed by atoms with Crippen LogP contribution in [0.5, 0.6) is 11.8 Å². The summed E-state index contributed by atoms with van der Waals surface area (Å²) in [6, 6.07) is 7.64. The van der Waals surface area contributed by atoms with Gasteiger partial charge in [-0.3, -0.25) is 0 Å². The lowest BCUT2D eigenvalue weighted by Gasteiger charge is -2.05. The van der Waals surface area contributed by atoms with Crippen molar-refractivity contribution in [1.29, 1.82) is 0 Å². The lowest BCUT2D eigenvalue weighted by Crippen LogP contribution is -1.97. The van der Waals surface area contributed by atoms with Gasteiger partial charge in [0.05, 0.1) is 25.6 Å². The highest BCUT2D eigenvalue weighted by Crippen LogP contribution is 2.19. The van der Waals surface area contributed by atoms with Gasteiger partial charge in [-0.05, 0) is 60.4 Å². The average Bonchev–Trinajstić information content (AvgIpc) is 3.46. The molecule has 0 saturated heterocycles. The van der Waals surface area contributed by atoms with Crippen LogP contribution < -0.4 is 9.47 Å². The van der Waals surface area contributed by atoms with Crippen molar-refractivity contribution in [2.45, 2.75) is 53.4 Å². The van der Waals surface area contributed by atoms with E-state index in [1.54, 1.807) is 26.6 Å². The second-order valence-electron chi connectivity index (χ2n) is 8.39. The van der Waals surface area contributed by atoms with Crippen LogP contribution in [0.15, 0.2) is 49.1 Å². The van der Waals surface area contributed by atoms with E-state index in [0.717, 1.165) is 26.6 Å². The molecule has 0 unspecified atom stereocenters. The van der Waals surface area contributed by atoms with Crippen LogP contribution in [0.4, 0.5) is 0 Å². The molecule has 0 fully saturated rings. The topological polar surface area (TPSA) is 90.7 Å². The average molecular weight is 591 g/mol. The van der Waals surface area contributed by atoms with Gasteiger partial charge >= 0.3 is 0 Å². The summed E-state index contributed by atoms with van der Waals surface area (Å²) in [4.78, 5) is 19.8. The summed E-state index contributed by atoms with van der Waals surface area (Å²) in [5.41, 5.74) is 3.33. The van der Waals surface area contributed by atoms with E-state index in [1.807, 2.05) is 44.3 Å². The van der Waals surface area contributed by atoms with E-state index in [1.165, 1.54) is 5.69 Å². The van der Waals surface area contributed by atoms with Gasteiger partial charge in [0.1, 0.15) is 11.6 Å². The maximum Gasteiger partial charge on any atom is 0.215 e. The molecular formula is C26H35IN6O2. The minimum absolute atomic E-state index is 0.429. The van der Waals surface area contributed by atoms with Gasteiger partial charge in [-0.15, -0.1) is 0 Å². The van der Waals surface area contributed by atoms with E-state index in [0.29, 0.717) is 23.6 Å². The number of nitrogens with zero attached hydrogens (tertiary/aromatic N) is 5. The van der Waals surface area contributed by atoms with Crippen LogP contribution in [0, 0.1) is 17.4 Å². The van der Waals surface area contributed by atoms with E-state index in [-0.39, 0.29) is 0 Å². The highest BCUT2D eigenvalue weighted by molar-refractivity contribution is 14.1. The molecule has 4 heterocycles. The molecular weight excluding hydrogens is 555 g/mol. The monoisotopic (exact) mass is 590 g/mol. The molecule has 0 aromatic carbocycles. The molecule has 8 nitrogen and oxygen atoms in total. The van der Waals surface area contributed by atoms with Crippen molar-refractivity contribution >= 4 is 22.6 Å². The van der Waals surface area contributed by atoms with Gasteiger partial charge in [-0.2, -0.15) is 0 Å². The van der Waals surface area contributed by atoms with Gasteiger partial charge < -0.3 is 19.0 Å². The summed E-state index contributed by atoms with van der Waals surface area (Å²) >= 11 is 2.21. The standard InChI is InChI=1S/C13H17N3O.C7H12N2.C6H6INO/c1-9(2)12-8-16(10(3)15-12)11-5-6-14-13(7-11)17-4;1-5(2)7-4-8-6(3)9-7;1-9-6-4-5(7)2-3-8-6/h5-9H,1-4H3;4-5H,1-3H3,(H,8,9);2-4H,1H3. The van der Waals surface area contributed by atoms with E-state index >= 15 is 0 Å². The summed E-state index contributed by atoms with van der Waals surface area (Å²) in [5, 5.41) is 0. The van der Waals surface area contributed by atoms with Gasteiger partial charge in [0.2, 0.25) is 11.8 Å². The summed E-state index contributed by atoms with van der Waals surface area (Å²) in [7, 11) is 3.23. The Bertz CT molecular complexity index is 1190. The molecule has 35 heavy (non-hydrogen) atoms. The first-order chi connectivity index (χ1) is 16.6. The summed E-state index contributed by atoms with van der Waals surface area (Å²) < 4.78 is 13.2. The number of ether oxygens (including phenoxy) is 2. The molecule has 0 saturated carbocycles. The second kappa shape index (κ2) is 13.8. The Morgan fingerprint density at radius 1 is 0.886 bits per heavy atom. The van der Waals surface area contributed by atoms with Crippen molar-refractivity contribution in [2.75, 3.05) is 14.2 Å². The van der Waals surface area contributed by atoms with Crippen molar-refractivity contribution in [1.82, 2.24) is 29.5 Å². The minimum Gasteiger partial charge on any atom is -0.481 e. The van der Waals surface area contributed by atoms with Gasteiger partial charge in [-0.1, -0.05) is 27.7 Å². The fraction of sp³-hybridized carbons (Fsp3) is 0.385. The lowest BCUT2D eigenvalue weighted by molar-refractivity contribution is 0.397. The molecule has 0 aliphatic carbocycles. The first kappa shape index (κ1) is 28.3. The maximum absolute atomic E-state index is 5.13. The number of imidazole rings is 2. The smallest absolute Gasteiger partial charge is 0.215 e. The normalized spacial score (nSPS) is 10.4. The molecule has 4 rings (SSSR count). The molecule has 0 bridgehead atoms. The number of methoxy groups -OCH3 is 2. The third-order valence-corrected chi connectivity index (χ3v) is 5.62. The molecule has 188 valence electrons. The third-order valence-electron chi connectivity index (χ3n) is 4.95. The minimum atomic E-state index is 0.429. The first-order valence-electron chi connectivity index (χ1n) is 11.4. The second-order valence-corrected chi connectivity index (χ2v) is 9.63. The van der Waals surface area contributed by atoms with Crippen molar-refractivity contribution in [2.24, 2.45) is 0 Å². The molecule has 0 aliphatic heterocycles. The van der Waals surface area contributed by atoms with Gasteiger partial charge in [0.15, 0.2) is 0 Å². The number of hydrogen-bond donors (Lipinski definition) is 1. The Morgan fingerprint density at radius 2 is 1.51 bits per heavy atom. The van der Waals surface area contributed by atoms with Crippen LogP contribution in [-0.2, 0) is 0 Å². The highest BCUT2D eigenvalue weighted by Gasteiger charge is 2.09. The zero-order chi connectivity index (χ0) is 26.0. The van der Waals surface area contributed by atoms with Gasteiger partial charge in [0.25, 0.3) is 0 Å². The number of aryl methyl sites for hydroxylation is 2. The number of nitrogens with one attached hydrogen (secondary N) is 1. The summed E-state index contributed by atoms with van der Waals surface area (Å²) in [5.74, 6) is 4.24. The number of pyridine rings is 2. The van der Waals surface area contributed by atoms with Crippen LogP contribution in [-0.4, -0.2) is 43.7 Å². The molecule has 4 aromatic heterocycles. The van der Waals surface area contributed by atoms with Crippen LogP contribution in [0.1, 0.15) is 62.6 Å².